The topological polar surface area (TPSA) is 155 Å². The molecule has 0 bridgehead atoms. The molecule has 0 aromatic rings. The molecule has 2 atom stereocenters. The fourth-order valence-electron chi connectivity index (χ4n) is 1.98. The first-order valence-corrected chi connectivity index (χ1v) is 8.10. The predicted octanol–water partition coefficient (Wildman–Crippen LogP) is -0.945. The summed E-state index contributed by atoms with van der Waals surface area (Å²) >= 11 is 0. The van der Waals surface area contributed by atoms with Crippen LogP contribution in [-0.4, -0.2) is 54.8 Å². The van der Waals surface area contributed by atoms with Crippen LogP contribution >= 0.6 is 7.60 Å². The van der Waals surface area contributed by atoms with Crippen LogP contribution < -0.4 is 10.6 Å². The molecule has 0 amide bonds. The molecule has 3 heterocycles. The van der Waals surface area contributed by atoms with Crippen LogP contribution in [0.5, 0.6) is 0 Å². The lowest BCUT2D eigenvalue weighted by molar-refractivity contribution is -0.114. The molecule has 22 heavy (non-hydrogen) atoms. The van der Waals surface area contributed by atoms with E-state index in [0.29, 0.717) is 17.9 Å². The van der Waals surface area contributed by atoms with Crippen LogP contribution in [0.3, 0.4) is 0 Å². The summed E-state index contributed by atoms with van der Waals surface area (Å²) in [6, 6.07) is 0. The van der Waals surface area contributed by atoms with Gasteiger partial charge in [0.25, 0.3) is 0 Å². The minimum atomic E-state index is -4.20. The fourth-order valence-corrected chi connectivity index (χ4v) is 2.38. The molecule has 120 valence electrons. The quantitative estimate of drug-likeness (QED) is 0.584. The number of nitrogens with two attached hydrogens (primary N) is 1. The van der Waals surface area contributed by atoms with Crippen LogP contribution in [0.15, 0.2) is 12.7 Å². The van der Waals surface area contributed by atoms with Crippen LogP contribution in [-0.2, 0) is 14.0 Å². The van der Waals surface area contributed by atoms with E-state index in [9.17, 15) is 4.57 Å². The van der Waals surface area contributed by atoms with Crippen molar-refractivity contribution < 1.29 is 28.7 Å². The third-order valence-corrected chi connectivity index (χ3v) is 3.46. The van der Waals surface area contributed by atoms with Crippen LogP contribution in [0, 0.1) is 0 Å². The lowest BCUT2D eigenvalue weighted by Gasteiger charge is -2.17. The SMILES string of the molecule is Nc1c2ncnc-2ncn1OC1C[C@H](OCP(=O)(O)O)CO1. The molecular weight excluding hydrogens is 317 g/mol. The summed E-state index contributed by atoms with van der Waals surface area (Å²) in [5.74, 6) is 0.637. The molecule has 1 fully saturated rings. The van der Waals surface area contributed by atoms with E-state index in [1.54, 1.807) is 0 Å². The van der Waals surface area contributed by atoms with E-state index in [1.807, 2.05) is 0 Å². The first-order valence-electron chi connectivity index (χ1n) is 6.31. The molecule has 1 saturated heterocycles. The van der Waals surface area contributed by atoms with Crippen LogP contribution in [0.4, 0.5) is 5.82 Å². The number of aromatic nitrogens is 4. The molecule has 3 rings (SSSR count). The van der Waals surface area contributed by atoms with Crippen LogP contribution in [0.25, 0.3) is 11.5 Å². The van der Waals surface area contributed by atoms with Crippen molar-refractivity contribution in [3.05, 3.63) is 12.7 Å². The molecule has 0 radical (unpaired) electrons. The van der Waals surface area contributed by atoms with E-state index in [1.165, 1.54) is 17.4 Å². The van der Waals surface area contributed by atoms with Gasteiger partial charge >= 0.3 is 7.60 Å². The highest BCUT2D eigenvalue weighted by atomic mass is 31.2. The van der Waals surface area contributed by atoms with Gasteiger partial charge in [0.05, 0.1) is 12.7 Å². The molecule has 3 aliphatic rings. The Bertz CT molecular complexity index is 674. The lowest BCUT2D eigenvalue weighted by atomic mass is 10.3. The van der Waals surface area contributed by atoms with Gasteiger partial charge in [-0.1, -0.05) is 0 Å². The highest BCUT2D eigenvalue weighted by Crippen LogP contribution is 2.35. The van der Waals surface area contributed by atoms with Crippen molar-refractivity contribution in [2.24, 2.45) is 0 Å². The molecule has 0 aliphatic carbocycles. The Morgan fingerprint density at radius 1 is 1.45 bits per heavy atom. The number of rotatable bonds is 5. The Labute approximate surface area is 124 Å². The number of imidazole rings is 1. The fraction of sp³-hybridized carbons (Fsp3) is 0.500. The number of hydrogen-bond donors (Lipinski definition) is 3. The van der Waals surface area contributed by atoms with Gasteiger partial charge in [0, 0.05) is 6.42 Å². The van der Waals surface area contributed by atoms with Crippen molar-refractivity contribution in [3.8, 4) is 11.5 Å². The van der Waals surface area contributed by atoms with Crippen molar-refractivity contribution in [2.75, 3.05) is 18.7 Å². The van der Waals surface area contributed by atoms with Gasteiger partial charge in [0.2, 0.25) is 6.29 Å². The smallest absolute Gasteiger partial charge is 0.350 e. The third kappa shape index (κ3) is 3.34. The molecule has 0 aromatic carbocycles. The lowest BCUT2D eigenvalue weighted by Crippen LogP contribution is -2.27. The summed E-state index contributed by atoms with van der Waals surface area (Å²) in [4.78, 5) is 35.0. The van der Waals surface area contributed by atoms with Gasteiger partial charge in [-0.3, -0.25) is 4.57 Å². The summed E-state index contributed by atoms with van der Waals surface area (Å²) in [6.45, 7) is 0.164. The molecule has 0 spiro atoms. The second-order valence-corrected chi connectivity index (χ2v) is 6.28. The molecule has 4 N–H and O–H groups in total. The van der Waals surface area contributed by atoms with Crippen LogP contribution in [0.2, 0.25) is 0 Å². The molecular formula is C10H14N5O6P. The molecule has 1 unspecified atom stereocenters. The maximum Gasteiger partial charge on any atom is 0.350 e. The minimum absolute atomic E-state index is 0.164. The number of fused-ring (bicyclic) bond motifs is 1. The third-order valence-electron chi connectivity index (χ3n) is 2.98. The van der Waals surface area contributed by atoms with E-state index in [-0.39, 0.29) is 12.4 Å². The first-order chi connectivity index (χ1) is 10.4. The summed E-state index contributed by atoms with van der Waals surface area (Å²) in [7, 11) is -4.20. The van der Waals surface area contributed by atoms with Crippen LogP contribution in [0.1, 0.15) is 6.42 Å². The summed E-state index contributed by atoms with van der Waals surface area (Å²) in [6.07, 6.45) is 1.21. The number of hydrogen-bond acceptors (Lipinski definition) is 8. The maximum absolute atomic E-state index is 10.8. The monoisotopic (exact) mass is 331 g/mol. The minimum Gasteiger partial charge on any atom is -0.381 e. The Morgan fingerprint density at radius 2 is 2.27 bits per heavy atom. The van der Waals surface area contributed by atoms with Crippen molar-refractivity contribution >= 4 is 13.4 Å². The number of nitrogen functional groups attached to an aromatic ring is 1. The Kier molecular flexibility index (Phi) is 3.98. The highest BCUT2D eigenvalue weighted by molar-refractivity contribution is 7.51. The summed E-state index contributed by atoms with van der Waals surface area (Å²) < 4.78 is 22.4. The zero-order valence-corrected chi connectivity index (χ0v) is 12.2. The Hall–Kier alpha value is -1.78. The standard InChI is InChI=1S/C10H14N5O6P/c11-9-8-10(13-3-12-8)14-4-15(9)21-7-1-6(2-19-7)20-5-22(16,17)18/h3-4,6-7H,1-2,5,11H2,(H2,16,17,18)/t6-,7?/m0/s1. The van der Waals surface area contributed by atoms with Gasteiger partial charge in [-0.15, -0.1) is 0 Å². The molecule has 3 aliphatic heterocycles. The van der Waals surface area contributed by atoms with E-state index in [2.05, 4.69) is 15.0 Å². The highest BCUT2D eigenvalue weighted by Gasteiger charge is 2.30. The summed E-state index contributed by atoms with van der Waals surface area (Å²) in [5, 5.41) is 0. The van der Waals surface area contributed by atoms with Crippen molar-refractivity contribution in [2.45, 2.75) is 18.8 Å². The van der Waals surface area contributed by atoms with Crippen molar-refractivity contribution in [1.82, 2.24) is 19.7 Å². The summed E-state index contributed by atoms with van der Waals surface area (Å²) in [5.41, 5.74) is 6.31. The zero-order chi connectivity index (χ0) is 15.7. The van der Waals surface area contributed by atoms with E-state index >= 15 is 0 Å². The second kappa shape index (κ2) is 5.78. The second-order valence-electron chi connectivity index (χ2n) is 4.69. The molecule has 0 saturated carbocycles. The van der Waals surface area contributed by atoms with Gasteiger partial charge in [-0.2, -0.15) is 4.73 Å². The molecule has 0 aromatic heterocycles. The number of nitrogens with zero attached hydrogens (tertiary/aromatic N) is 4. The average Bonchev–Trinajstić information content (AvgIpc) is 3.08. The normalized spacial score (nSPS) is 22.3. The van der Waals surface area contributed by atoms with Gasteiger partial charge in [0.15, 0.2) is 17.3 Å². The predicted molar refractivity (Wildman–Crippen MR) is 71.6 cm³/mol. The largest absolute Gasteiger partial charge is 0.381 e. The number of ether oxygens (including phenoxy) is 2. The van der Waals surface area contributed by atoms with Crippen molar-refractivity contribution in [3.63, 3.8) is 0 Å². The van der Waals surface area contributed by atoms with Crippen molar-refractivity contribution in [1.29, 1.82) is 0 Å². The Balaban J connectivity index is 1.61. The first kappa shape index (κ1) is 15.1. The Morgan fingerprint density at radius 3 is 3.05 bits per heavy atom. The maximum atomic E-state index is 10.8. The van der Waals surface area contributed by atoms with E-state index < -0.39 is 26.3 Å². The molecule has 12 heteroatoms. The average molecular weight is 331 g/mol. The van der Waals surface area contributed by atoms with E-state index in [0.717, 1.165) is 0 Å². The zero-order valence-electron chi connectivity index (χ0n) is 11.3. The van der Waals surface area contributed by atoms with Gasteiger partial charge < -0.3 is 29.8 Å². The van der Waals surface area contributed by atoms with Gasteiger partial charge in [0.1, 0.15) is 19.0 Å². The molecule has 11 nitrogen and oxygen atoms in total. The number of anilines is 1. The van der Waals surface area contributed by atoms with Gasteiger partial charge in [-0.05, 0) is 0 Å². The van der Waals surface area contributed by atoms with E-state index in [4.69, 9.17) is 29.8 Å². The van der Waals surface area contributed by atoms with Gasteiger partial charge in [-0.25, -0.2) is 15.0 Å².